The summed E-state index contributed by atoms with van der Waals surface area (Å²) < 4.78 is 10.2. The van der Waals surface area contributed by atoms with Gasteiger partial charge in [-0.3, -0.25) is 4.79 Å². The van der Waals surface area contributed by atoms with Crippen LogP contribution in [0.15, 0.2) is 0 Å². The largest absolute Gasteiger partial charge is 0.466 e. The van der Waals surface area contributed by atoms with Crippen LogP contribution >= 0.6 is 0 Å². The highest BCUT2D eigenvalue weighted by atomic mass is 16.6. The van der Waals surface area contributed by atoms with E-state index < -0.39 is 29.7 Å². The maximum atomic E-state index is 11.9. The molecule has 1 saturated heterocycles. The van der Waals surface area contributed by atoms with E-state index in [9.17, 15) is 14.7 Å². The predicted molar refractivity (Wildman–Crippen MR) is 68.6 cm³/mol. The van der Waals surface area contributed by atoms with Crippen molar-refractivity contribution in [2.75, 3.05) is 19.7 Å². The number of ether oxygens (including phenoxy) is 2. The smallest absolute Gasteiger partial charge is 0.410 e. The minimum Gasteiger partial charge on any atom is -0.466 e. The molecule has 110 valence electrons. The highest BCUT2D eigenvalue weighted by molar-refractivity contribution is 5.75. The second-order valence-corrected chi connectivity index (χ2v) is 5.64. The van der Waals surface area contributed by atoms with Crippen LogP contribution in [0.3, 0.4) is 0 Å². The van der Waals surface area contributed by atoms with Crippen LogP contribution in [-0.2, 0) is 14.3 Å². The van der Waals surface area contributed by atoms with Crippen LogP contribution in [0.1, 0.15) is 34.1 Å². The number of aliphatic hydroxyl groups is 1. The molecule has 0 aromatic heterocycles. The molecule has 6 nitrogen and oxygen atoms in total. The summed E-state index contributed by atoms with van der Waals surface area (Å²) in [4.78, 5) is 25.1. The Hall–Kier alpha value is -1.30. The van der Waals surface area contributed by atoms with Crippen molar-refractivity contribution in [3.05, 3.63) is 0 Å². The lowest BCUT2D eigenvalue weighted by Crippen LogP contribution is -2.50. The van der Waals surface area contributed by atoms with Crippen LogP contribution in [-0.4, -0.2) is 53.5 Å². The van der Waals surface area contributed by atoms with E-state index in [0.717, 1.165) is 0 Å². The fraction of sp³-hybridized carbons (Fsp3) is 0.846. The van der Waals surface area contributed by atoms with Gasteiger partial charge in [-0.1, -0.05) is 0 Å². The molecule has 1 aliphatic rings. The first kappa shape index (κ1) is 15.8. The molecular weight excluding hydrogens is 250 g/mol. The lowest BCUT2D eigenvalue weighted by molar-refractivity contribution is -0.154. The maximum Gasteiger partial charge on any atom is 0.410 e. The molecule has 0 aromatic rings. The minimum atomic E-state index is -0.766. The van der Waals surface area contributed by atoms with Gasteiger partial charge < -0.3 is 19.5 Å². The second-order valence-electron chi connectivity index (χ2n) is 5.64. The Balaban J connectivity index is 2.63. The maximum absolute atomic E-state index is 11.9. The van der Waals surface area contributed by atoms with Gasteiger partial charge in [-0.25, -0.2) is 4.79 Å². The fourth-order valence-corrected chi connectivity index (χ4v) is 1.91. The van der Waals surface area contributed by atoms with E-state index in [1.165, 1.54) is 4.90 Å². The summed E-state index contributed by atoms with van der Waals surface area (Å²) in [5, 5.41) is 9.82. The van der Waals surface area contributed by atoms with Crippen molar-refractivity contribution in [1.29, 1.82) is 0 Å². The Morgan fingerprint density at radius 1 is 1.37 bits per heavy atom. The van der Waals surface area contributed by atoms with Gasteiger partial charge in [-0.05, 0) is 34.1 Å². The lowest BCUT2D eigenvalue weighted by atomic mass is 9.95. The summed E-state index contributed by atoms with van der Waals surface area (Å²) in [7, 11) is 0. The van der Waals surface area contributed by atoms with Crippen molar-refractivity contribution in [3.8, 4) is 0 Å². The van der Waals surface area contributed by atoms with E-state index in [1.54, 1.807) is 27.7 Å². The number of piperidine rings is 1. The summed E-state index contributed by atoms with van der Waals surface area (Å²) in [6.07, 6.45) is -0.880. The predicted octanol–water partition coefficient (Wildman–Crippen LogP) is 1.17. The number of likely N-dealkylation sites (tertiary alicyclic amines) is 1. The van der Waals surface area contributed by atoms with Crippen LogP contribution in [0.4, 0.5) is 4.79 Å². The fourth-order valence-electron chi connectivity index (χ4n) is 1.91. The molecule has 1 amide bonds. The molecule has 6 heteroatoms. The average Bonchev–Trinajstić information content (AvgIpc) is 2.27. The van der Waals surface area contributed by atoms with Gasteiger partial charge in [0.05, 0.1) is 12.7 Å². The van der Waals surface area contributed by atoms with Crippen LogP contribution < -0.4 is 0 Å². The van der Waals surface area contributed by atoms with E-state index >= 15 is 0 Å². The normalized spacial score (nSPS) is 23.9. The molecule has 1 fully saturated rings. The van der Waals surface area contributed by atoms with Gasteiger partial charge in [-0.2, -0.15) is 0 Å². The summed E-state index contributed by atoms with van der Waals surface area (Å²) >= 11 is 0. The Morgan fingerprint density at radius 3 is 2.53 bits per heavy atom. The van der Waals surface area contributed by atoms with Gasteiger partial charge in [0.1, 0.15) is 11.5 Å². The average molecular weight is 273 g/mol. The molecule has 0 radical (unpaired) electrons. The Labute approximate surface area is 113 Å². The van der Waals surface area contributed by atoms with Crippen molar-refractivity contribution in [2.24, 2.45) is 5.92 Å². The first-order valence-electron chi connectivity index (χ1n) is 6.57. The molecule has 1 heterocycles. The Morgan fingerprint density at radius 2 is 2.00 bits per heavy atom. The molecule has 0 aromatic carbocycles. The molecule has 1 aliphatic heterocycles. The van der Waals surface area contributed by atoms with E-state index in [2.05, 4.69) is 0 Å². The topological polar surface area (TPSA) is 76.1 Å². The van der Waals surface area contributed by atoms with Crippen molar-refractivity contribution in [3.63, 3.8) is 0 Å². The second kappa shape index (κ2) is 6.23. The Kier molecular flexibility index (Phi) is 5.17. The molecule has 1 rings (SSSR count). The summed E-state index contributed by atoms with van der Waals surface area (Å²) in [6.45, 7) is 7.83. The molecule has 0 saturated carbocycles. The number of aliphatic hydroxyl groups excluding tert-OH is 1. The SMILES string of the molecule is CCOC(=O)[C@H]1CN(C(=O)OC(C)(C)C)CC[C@@H]1O. The van der Waals surface area contributed by atoms with Gasteiger partial charge in [0.15, 0.2) is 0 Å². The van der Waals surface area contributed by atoms with Crippen LogP contribution in [0.25, 0.3) is 0 Å². The summed E-state index contributed by atoms with van der Waals surface area (Å²) in [5.41, 5.74) is -0.577. The number of esters is 1. The van der Waals surface area contributed by atoms with Crippen molar-refractivity contribution in [1.82, 2.24) is 4.90 Å². The van der Waals surface area contributed by atoms with Gasteiger partial charge in [0, 0.05) is 13.1 Å². The first-order chi connectivity index (χ1) is 8.74. The summed E-state index contributed by atoms with van der Waals surface area (Å²) in [6, 6.07) is 0. The van der Waals surface area contributed by atoms with E-state index in [0.29, 0.717) is 13.0 Å². The van der Waals surface area contributed by atoms with Gasteiger partial charge >= 0.3 is 12.1 Å². The third kappa shape index (κ3) is 4.70. The van der Waals surface area contributed by atoms with Crippen LogP contribution in [0.2, 0.25) is 0 Å². The number of nitrogens with zero attached hydrogens (tertiary/aromatic N) is 1. The molecule has 0 bridgehead atoms. The van der Waals surface area contributed by atoms with Gasteiger partial charge in [0.2, 0.25) is 0 Å². The van der Waals surface area contributed by atoms with E-state index in [4.69, 9.17) is 9.47 Å². The summed E-state index contributed by atoms with van der Waals surface area (Å²) in [5.74, 6) is -1.16. The quantitative estimate of drug-likeness (QED) is 0.764. The molecule has 0 spiro atoms. The number of hydrogen-bond acceptors (Lipinski definition) is 5. The lowest BCUT2D eigenvalue weighted by Gasteiger charge is -2.35. The van der Waals surface area contributed by atoms with E-state index in [-0.39, 0.29) is 13.2 Å². The zero-order valence-electron chi connectivity index (χ0n) is 12.0. The number of amides is 1. The van der Waals surface area contributed by atoms with Gasteiger partial charge in [0.25, 0.3) is 0 Å². The van der Waals surface area contributed by atoms with Crippen molar-refractivity contribution >= 4 is 12.1 Å². The molecule has 19 heavy (non-hydrogen) atoms. The number of rotatable bonds is 2. The highest BCUT2D eigenvalue weighted by Crippen LogP contribution is 2.21. The third-order valence-corrected chi connectivity index (χ3v) is 2.82. The van der Waals surface area contributed by atoms with Crippen molar-refractivity contribution in [2.45, 2.75) is 45.8 Å². The number of carbonyl (C=O) groups is 2. The third-order valence-electron chi connectivity index (χ3n) is 2.82. The number of hydrogen-bond donors (Lipinski definition) is 1. The zero-order valence-corrected chi connectivity index (χ0v) is 12.0. The zero-order chi connectivity index (χ0) is 14.6. The van der Waals surface area contributed by atoms with E-state index in [1.807, 2.05) is 0 Å². The standard InChI is InChI=1S/C13H23NO5/c1-5-18-11(16)9-8-14(7-6-10(9)15)12(17)19-13(2,3)4/h9-10,15H,5-8H2,1-4H3/t9-,10-/m0/s1. The first-order valence-corrected chi connectivity index (χ1v) is 6.57. The van der Waals surface area contributed by atoms with Crippen LogP contribution in [0, 0.1) is 5.92 Å². The molecule has 1 N–H and O–H groups in total. The Bertz CT molecular complexity index is 336. The molecule has 2 atom stereocenters. The molecule has 0 unspecified atom stereocenters. The van der Waals surface area contributed by atoms with Crippen molar-refractivity contribution < 1.29 is 24.2 Å². The number of carbonyl (C=O) groups excluding carboxylic acids is 2. The molecule has 0 aliphatic carbocycles. The minimum absolute atomic E-state index is 0.134. The molecular formula is C13H23NO5. The monoisotopic (exact) mass is 273 g/mol. The van der Waals surface area contributed by atoms with Crippen LogP contribution in [0.5, 0.6) is 0 Å². The highest BCUT2D eigenvalue weighted by Gasteiger charge is 2.37. The van der Waals surface area contributed by atoms with Gasteiger partial charge in [-0.15, -0.1) is 0 Å².